The van der Waals surface area contributed by atoms with E-state index in [-0.39, 0.29) is 5.91 Å². The van der Waals surface area contributed by atoms with Crippen LogP contribution in [0.4, 0.5) is 11.8 Å². The van der Waals surface area contributed by atoms with Crippen LogP contribution in [-0.4, -0.2) is 32.2 Å². The molecule has 1 amide bonds. The molecule has 2 aromatic rings. The van der Waals surface area contributed by atoms with Crippen molar-refractivity contribution in [2.75, 3.05) is 17.2 Å². The van der Waals surface area contributed by atoms with Gasteiger partial charge in [0.25, 0.3) is 5.91 Å². The molecule has 7 nitrogen and oxygen atoms in total. The summed E-state index contributed by atoms with van der Waals surface area (Å²) in [7, 11) is 1.72. The van der Waals surface area contributed by atoms with Crippen molar-refractivity contribution in [3.05, 3.63) is 29.7 Å². The van der Waals surface area contributed by atoms with E-state index >= 15 is 0 Å². The molecule has 2 aromatic heterocycles. The molecule has 2 rings (SSSR count). The zero-order chi connectivity index (χ0) is 15.2. The summed E-state index contributed by atoms with van der Waals surface area (Å²) in [5.74, 6) is 0.917. The molecule has 0 aliphatic heterocycles. The van der Waals surface area contributed by atoms with E-state index in [4.69, 9.17) is 0 Å². The van der Waals surface area contributed by atoms with Gasteiger partial charge in [0.15, 0.2) is 0 Å². The predicted molar refractivity (Wildman–Crippen MR) is 81.4 cm³/mol. The van der Waals surface area contributed by atoms with Crippen molar-refractivity contribution in [1.29, 1.82) is 0 Å². The van der Waals surface area contributed by atoms with Crippen LogP contribution in [0.15, 0.2) is 18.5 Å². The number of anilines is 2. The molecule has 0 saturated carbocycles. The Balaban J connectivity index is 2.21. The molecule has 2 N–H and O–H groups in total. The van der Waals surface area contributed by atoms with Crippen LogP contribution in [0.3, 0.4) is 0 Å². The van der Waals surface area contributed by atoms with E-state index < -0.39 is 0 Å². The van der Waals surface area contributed by atoms with Crippen molar-refractivity contribution in [3.63, 3.8) is 0 Å². The number of aryl methyl sites for hydroxylation is 2. The summed E-state index contributed by atoms with van der Waals surface area (Å²) in [5, 5.41) is 9.87. The van der Waals surface area contributed by atoms with E-state index in [1.807, 2.05) is 6.92 Å². The highest BCUT2D eigenvalue weighted by Crippen LogP contribution is 2.13. The van der Waals surface area contributed by atoms with Gasteiger partial charge >= 0.3 is 0 Å². The highest BCUT2D eigenvalue weighted by Gasteiger charge is 2.12. The fourth-order valence-electron chi connectivity index (χ4n) is 1.83. The highest BCUT2D eigenvalue weighted by atomic mass is 16.1. The first-order valence-electron chi connectivity index (χ1n) is 7.04. The summed E-state index contributed by atoms with van der Waals surface area (Å²) in [5.41, 5.74) is 1.43. The van der Waals surface area contributed by atoms with Gasteiger partial charge < -0.3 is 5.32 Å². The van der Waals surface area contributed by atoms with Gasteiger partial charge in [-0.05, 0) is 25.0 Å². The predicted octanol–water partition coefficient (Wildman–Crippen LogP) is 1.85. The van der Waals surface area contributed by atoms with E-state index in [2.05, 4.69) is 32.6 Å². The standard InChI is InChI=1S/C14H20N6O/c1-4-6-15-12-8-10(7-11(5-2)18-12)13(21)19-14-16-9-17-20(14)3/h7-9H,4-6H2,1-3H3,(H,15,18)(H,16,17,19,21). The van der Waals surface area contributed by atoms with Crippen LogP contribution in [0.1, 0.15) is 36.3 Å². The fraction of sp³-hybridized carbons (Fsp3) is 0.429. The van der Waals surface area contributed by atoms with Gasteiger partial charge in [0.05, 0.1) is 0 Å². The molecular formula is C14H20N6O. The molecule has 21 heavy (non-hydrogen) atoms. The fourth-order valence-corrected chi connectivity index (χ4v) is 1.83. The third-order valence-corrected chi connectivity index (χ3v) is 3.00. The number of carbonyl (C=O) groups excluding carboxylic acids is 1. The lowest BCUT2D eigenvalue weighted by molar-refractivity contribution is 0.102. The summed E-state index contributed by atoms with van der Waals surface area (Å²) in [4.78, 5) is 20.8. The van der Waals surface area contributed by atoms with E-state index in [0.29, 0.717) is 11.5 Å². The molecule has 0 saturated heterocycles. The lowest BCUT2D eigenvalue weighted by Crippen LogP contribution is -2.16. The number of nitrogens with one attached hydrogen (secondary N) is 2. The summed E-state index contributed by atoms with van der Waals surface area (Å²) in [6.45, 7) is 4.92. The Bertz CT molecular complexity index is 622. The molecule has 0 fully saturated rings. The van der Waals surface area contributed by atoms with Crippen LogP contribution in [-0.2, 0) is 13.5 Å². The SMILES string of the molecule is CCCNc1cc(C(=O)Nc2ncnn2C)cc(CC)n1. The minimum absolute atomic E-state index is 0.220. The minimum atomic E-state index is -0.220. The number of carbonyl (C=O) groups is 1. The summed E-state index contributed by atoms with van der Waals surface area (Å²) in [6, 6.07) is 3.54. The molecule has 0 radical (unpaired) electrons. The summed E-state index contributed by atoms with van der Waals surface area (Å²) >= 11 is 0. The average molecular weight is 288 g/mol. The quantitative estimate of drug-likeness (QED) is 0.847. The summed E-state index contributed by atoms with van der Waals surface area (Å²) in [6.07, 6.45) is 3.16. The Kier molecular flexibility index (Phi) is 4.86. The van der Waals surface area contributed by atoms with Crippen LogP contribution in [0.25, 0.3) is 0 Å². The second kappa shape index (κ2) is 6.83. The van der Waals surface area contributed by atoms with Gasteiger partial charge in [0, 0.05) is 24.8 Å². The molecule has 112 valence electrons. The maximum Gasteiger partial charge on any atom is 0.258 e. The van der Waals surface area contributed by atoms with Gasteiger partial charge in [-0.3, -0.25) is 10.1 Å². The molecule has 0 aliphatic rings. The largest absolute Gasteiger partial charge is 0.370 e. The Morgan fingerprint density at radius 2 is 2.14 bits per heavy atom. The zero-order valence-electron chi connectivity index (χ0n) is 12.6. The van der Waals surface area contributed by atoms with Gasteiger partial charge in [0.1, 0.15) is 12.1 Å². The number of hydrogen-bond acceptors (Lipinski definition) is 5. The molecule has 0 atom stereocenters. The second-order valence-electron chi connectivity index (χ2n) is 4.67. The Morgan fingerprint density at radius 3 is 2.76 bits per heavy atom. The maximum absolute atomic E-state index is 12.3. The Hall–Kier alpha value is -2.44. The van der Waals surface area contributed by atoms with E-state index in [1.54, 1.807) is 19.2 Å². The van der Waals surface area contributed by atoms with Crippen molar-refractivity contribution >= 4 is 17.7 Å². The first-order valence-corrected chi connectivity index (χ1v) is 7.04. The van der Waals surface area contributed by atoms with Crippen LogP contribution >= 0.6 is 0 Å². The monoisotopic (exact) mass is 288 g/mol. The van der Waals surface area contributed by atoms with Gasteiger partial charge in [-0.15, -0.1) is 0 Å². The van der Waals surface area contributed by atoms with Gasteiger partial charge in [-0.2, -0.15) is 10.1 Å². The maximum atomic E-state index is 12.3. The van der Waals surface area contributed by atoms with Crippen LogP contribution in [0, 0.1) is 0 Å². The number of rotatable bonds is 6. The van der Waals surface area contributed by atoms with E-state index in [9.17, 15) is 4.79 Å². The van der Waals surface area contributed by atoms with Crippen molar-refractivity contribution in [2.24, 2.45) is 7.05 Å². The molecular weight excluding hydrogens is 268 g/mol. The van der Waals surface area contributed by atoms with E-state index in [0.717, 1.165) is 30.9 Å². The molecule has 0 aliphatic carbocycles. The first-order chi connectivity index (χ1) is 10.1. The van der Waals surface area contributed by atoms with Crippen molar-refractivity contribution in [3.8, 4) is 0 Å². The second-order valence-corrected chi connectivity index (χ2v) is 4.67. The van der Waals surface area contributed by atoms with Gasteiger partial charge in [-0.25, -0.2) is 9.67 Å². The number of hydrogen-bond donors (Lipinski definition) is 2. The van der Waals surface area contributed by atoms with Crippen LogP contribution < -0.4 is 10.6 Å². The average Bonchev–Trinajstić information content (AvgIpc) is 2.90. The molecule has 0 spiro atoms. The van der Waals surface area contributed by atoms with Crippen molar-refractivity contribution < 1.29 is 4.79 Å². The highest BCUT2D eigenvalue weighted by molar-refractivity contribution is 6.03. The lowest BCUT2D eigenvalue weighted by atomic mass is 10.2. The number of pyridine rings is 1. The number of nitrogens with zero attached hydrogens (tertiary/aromatic N) is 4. The third kappa shape index (κ3) is 3.77. The Labute approximate surface area is 123 Å². The smallest absolute Gasteiger partial charge is 0.258 e. The normalized spacial score (nSPS) is 10.4. The Morgan fingerprint density at radius 1 is 1.33 bits per heavy atom. The zero-order valence-corrected chi connectivity index (χ0v) is 12.6. The molecule has 2 heterocycles. The number of aromatic nitrogens is 4. The molecule has 0 bridgehead atoms. The molecule has 7 heteroatoms. The third-order valence-electron chi connectivity index (χ3n) is 3.00. The topological polar surface area (TPSA) is 84.7 Å². The van der Waals surface area contributed by atoms with Gasteiger partial charge in [0.2, 0.25) is 5.95 Å². The molecule has 0 aromatic carbocycles. The van der Waals surface area contributed by atoms with Crippen LogP contribution in [0.2, 0.25) is 0 Å². The lowest BCUT2D eigenvalue weighted by Gasteiger charge is -2.09. The summed E-state index contributed by atoms with van der Waals surface area (Å²) < 4.78 is 1.51. The van der Waals surface area contributed by atoms with E-state index in [1.165, 1.54) is 11.0 Å². The van der Waals surface area contributed by atoms with Crippen LogP contribution in [0.5, 0.6) is 0 Å². The van der Waals surface area contributed by atoms with Crippen molar-refractivity contribution in [1.82, 2.24) is 19.7 Å². The molecule has 0 unspecified atom stereocenters. The number of amides is 1. The first kappa shape index (κ1) is 15.0. The minimum Gasteiger partial charge on any atom is -0.370 e. The van der Waals surface area contributed by atoms with Crippen molar-refractivity contribution in [2.45, 2.75) is 26.7 Å². The van der Waals surface area contributed by atoms with Gasteiger partial charge in [-0.1, -0.05) is 13.8 Å².